The van der Waals surface area contributed by atoms with Gasteiger partial charge >= 0.3 is 0 Å². The highest BCUT2D eigenvalue weighted by molar-refractivity contribution is 4.84. The lowest BCUT2D eigenvalue weighted by molar-refractivity contribution is 0.0773. The summed E-state index contributed by atoms with van der Waals surface area (Å²) in [4.78, 5) is 2.73. The van der Waals surface area contributed by atoms with Crippen LogP contribution in [0.5, 0.6) is 0 Å². The molecule has 0 bridgehead atoms. The summed E-state index contributed by atoms with van der Waals surface area (Å²) in [6, 6.07) is 0. The van der Waals surface area contributed by atoms with Gasteiger partial charge in [-0.3, -0.25) is 0 Å². The predicted molar refractivity (Wildman–Crippen MR) is 74.2 cm³/mol. The van der Waals surface area contributed by atoms with E-state index in [2.05, 4.69) is 24.1 Å². The Kier molecular flexibility index (Phi) is 5.30. The highest BCUT2D eigenvalue weighted by atomic mass is 15.1. The smallest absolute Gasteiger partial charge is 0.00193 e. The first-order valence-corrected chi connectivity index (χ1v) is 7.72. The summed E-state index contributed by atoms with van der Waals surface area (Å²) in [5, 5.41) is 3.47. The van der Waals surface area contributed by atoms with E-state index in [9.17, 15) is 0 Å². The molecular formula is C15H30N2. The average Bonchev–Trinajstić information content (AvgIpc) is 2.36. The number of nitrogens with zero attached hydrogens (tertiary/aromatic N) is 1. The summed E-state index contributed by atoms with van der Waals surface area (Å²) in [7, 11) is 0. The average molecular weight is 238 g/mol. The Balaban J connectivity index is 1.71. The zero-order valence-electron chi connectivity index (χ0n) is 11.8. The highest BCUT2D eigenvalue weighted by Gasteiger charge is 2.31. The second kappa shape index (κ2) is 6.75. The van der Waals surface area contributed by atoms with Crippen LogP contribution in [-0.4, -0.2) is 37.6 Å². The molecule has 1 aliphatic heterocycles. The highest BCUT2D eigenvalue weighted by Crippen LogP contribution is 2.36. The molecule has 3 unspecified atom stereocenters. The molecule has 17 heavy (non-hydrogen) atoms. The van der Waals surface area contributed by atoms with Gasteiger partial charge in [-0.05, 0) is 50.2 Å². The summed E-state index contributed by atoms with van der Waals surface area (Å²) in [6.45, 7) is 10.9. The number of rotatable bonds is 5. The Morgan fingerprint density at radius 1 is 1.18 bits per heavy atom. The molecule has 2 heteroatoms. The van der Waals surface area contributed by atoms with Crippen LogP contribution in [0.25, 0.3) is 0 Å². The van der Waals surface area contributed by atoms with Gasteiger partial charge in [0, 0.05) is 13.1 Å². The van der Waals surface area contributed by atoms with Crippen molar-refractivity contribution < 1.29 is 0 Å². The normalized spacial score (nSPS) is 32.1. The number of hydrogen-bond acceptors (Lipinski definition) is 2. The standard InChI is InChI=1S/C15H30N2/c1-3-16-10-13(2)11-17-9-8-14-6-4-5-7-15(14)12-17/h13-16H,3-12H2,1-2H3. The van der Waals surface area contributed by atoms with Crippen LogP contribution in [0.2, 0.25) is 0 Å². The second-order valence-corrected chi connectivity index (χ2v) is 6.27. The quantitative estimate of drug-likeness (QED) is 0.792. The third kappa shape index (κ3) is 3.96. The third-order valence-corrected chi connectivity index (χ3v) is 4.69. The Morgan fingerprint density at radius 2 is 1.94 bits per heavy atom. The molecule has 2 fully saturated rings. The molecule has 0 spiro atoms. The minimum atomic E-state index is 0.801. The van der Waals surface area contributed by atoms with E-state index in [1.807, 2.05) is 0 Å². The van der Waals surface area contributed by atoms with E-state index in [1.54, 1.807) is 0 Å². The van der Waals surface area contributed by atoms with E-state index in [0.29, 0.717) is 0 Å². The first-order chi connectivity index (χ1) is 8.29. The SMILES string of the molecule is CCNCC(C)CN1CCC2CCCCC2C1. The van der Waals surface area contributed by atoms with Crippen molar-refractivity contribution in [3.63, 3.8) is 0 Å². The van der Waals surface area contributed by atoms with Crippen molar-refractivity contribution in [1.82, 2.24) is 10.2 Å². The van der Waals surface area contributed by atoms with Gasteiger partial charge in [0.15, 0.2) is 0 Å². The molecule has 1 aliphatic carbocycles. The monoisotopic (exact) mass is 238 g/mol. The molecule has 1 heterocycles. The second-order valence-electron chi connectivity index (χ2n) is 6.27. The molecule has 0 radical (unpaired) electrons. The lowest BCUT2D eigenvalue weighted by atomic mass is 9.75. The number of piperidine rings is 1. The Hall–Kier alpha value is -0.0800. The van der Waals surface area contributed by atoms with E-state index in [0.717, 1.165) is 24.3 Å². The lowest BCUT2D eigenvalue weighted by Crippen LogP contribution is -2.44. The van der Waals surface area contributed by atoms with Crippen LogP contribution in [0, 0.1) is 17.8 Å². The Morgan fingerprint density at radius 3 is 2.71 bits per heavy atom. The number of fused-ring (bicyclic) bond motifs is 1. The third-order valence-electron chi connectivity index (χ3n) is 4.69. The van der Waals surface area contributed by atoms with Crippen LogP contribution in [0.1, 0.15) is 46.0 Å². The van der Waals surface area contributed by atoms with Gasteiger partial charge in [-0.2, -0.15) is 0 Å². The van der Waals surface area contributed by atoms with Crippen LogP contribution >= 0.6 is 0 Å². The zero-order chi connectivity index (χ0) is 12.1. The first kappa shape index (κ1) is 13.4. The van der Waals surface area contributed by atoms with Crippen LogP contribution in [0.4, 0.5) is 0 Å². The van der Waals surface area contributed by atoms with Gasteiger partial charge in [-0.15, -0.1) is 0 Å². The van der Waals surface area contributed by atoms with Gasteiger partial charge in [0.2, 0.25) is 0 Å². The minimum Gasteiger partial charge on any atom is -0.317 e. The van der Waals surface area contributed by atoms with Crippen molar-refractivity contribution in [3.8, 4) is 0 Å². The molecule has 2 aliphatic rings. The molecule has 1 saturated carbocycles. The zero-order valence-corrected chi connectivity index (χ0v) is 11.8. The fourth-order valence-electron chi connectivity index (χ4n) is 3.74. The molecular weight excluding hydrogens is 208 g/mol. The minimum absolute atomic E-state index is 0.801. The van der Waals surface area contributed by atoms with Gasteiger partial charge in [0.25, 0.3) is 0 Å². The first-order valence-electron chi connectivity index (χ1n) is 7.72. The summed E-state index contributed by atoms with van der Waals surface area (Å²) >= 11 is 0. The van der Waals surface area contributed by atoms with E-state index in [4.69, 9.17) is 0 Å². The van der Waals surface area contributed by atoms with Crippen molar-refractivity contribution in [3.05, 3.63) is 0 Å². The van der Waals surface area contributed by atoms with Crippen LogP contribution in [0.15, 0.2) is 0 Å². The number of likely N-dealkylation sites (tertiary alicyclic amines) is 1. The van der Waals surface area contributed by atoms with Gasteiger partial charge in [-0.1, -0.05) is 33.1 Å². The molecule has 0 aromatic rings. The fourth-order valence-corrected chi connectivity index (χ4v) is 3.74. The van der Waals surface area contributed by atoms with E-state index >= 15 is 0 Å². The van der Waals surface area contributed by atoms with Crippen LogP contribution in [0.3, 0.4) is 0 Å². The predicted octanol–water partition coefficient (Wildman–Crippen LogP) is 2.74. The maximum atomic E-state index is 3.47. The topological polar surface area (TPSA) is 15.3 Å². The summed E-state index contributed by atoms with van der Waals surface area (Å²) in [6.07, 6.45) is 7.48. The summed E-state index contributed by atoms with van der Waals surface area (Å²) in [5.41, 5.74) is 0. The van der Waals surface area contributed by atoms with Crippen molar-refractivity contribution in [2.75, 3.05) is 32.7 Å². The fraction of sp³-hybridized carbons (Fsp3) is 1.00. The van der Waals surface area contributed by atoms with Gasteiger partial charge in [0.05, 0.1) is 0 Å². The van der Waals surface area contributed by atoms with E-state index < -0.39 is 0 Å². The molecule has 0 aromatic carbocycles. The van der Waals surface area contributed by atoms with Gasteiger partial charge in [0.1, 0.15) is 0 Å². The molecule has 1 saturated heterocycles. The van der Waals surface area contributed by atoms with Crippen molar-refractivity contribution >= 4 is 0 Å². The van der Waals surface area contributed by atoms with Crippen molar-refractivity contribution in [2.45, 2.75) is 46.0 Å². The largest absolute Gasteiger partial charge is 0.317 e. The lowest BCUT2D eigenvalue weighted by Gasteiger charge is -2.42. The van der Waals surface area contributed by atoms with Crippen LogP contribution in [-0.2, 0) is 0 Å². The maximum Gasteiger partial charge on any atom is 0.00193 e. The van der Waals surface area contributed by atoms with Gasteiger partial charge in [-0.25, -0.2) is 0 Å². The molecule has 3 atom stereocenters. The molecule has 0 aromatic heterocycles. The summed E-state index contributed by atoms with van der Waals surface area (Å²) in [5.74, 6) is 2.91. The maximum absolute atomic E-state index is 3.47. The van der Waals surface area contributed by atoms with Crippen molar-refractivity contribution in [2.24, 2.45) is 17.8 Å². The molecule has 0 amide bonds. The molecule has 1 N–H and O–H groups in total. The summed E-state index contributed by atoms with van der Waals surface area (Å²) < 4.78 is 0. The molecule has 2 nitrogen and oxygen atoms in total. The van der Waals surface area contributed by atoms with E-state index in [-0.39, 0.29) is 0 Å². The number of hydrogen-bond donors (Lipinski definition) is 1. The Labute approximate surface area is 107 Å². The van der Waals surface area contributed by atoms with E-state index in [1.165, 1.54) is 58.3 Å². The molecule has 100 valence electrons. The van der Waals surface area contributed by atoms with Gasteiger partial charge < -0.3 is 10.2 Å². The Bertz CT molecular complexity index is 217. The number of nitrogens with one attached hydrogen (secondary N) is 1. The van der Waals surface area contributed by atoms with Crippen LogP contribution < -0.4 is 5.32 Å². The van der Waals surface area contributed by atoms with Crippen molar-refractivity contribution in [1.29, 1.82) is 0 Å². The molecule has 2 rings (SSSR count).